The Labute approximate surface area is 60.0 Å². The average molecular weight is 143 g/mol. The number of carbonyl (C=O) groups is 1. The summed E-state index contributed by atoms with van der Waals surface area (Å²) >= 11 is 0. The molecule has 0 bridgehead atoms. The molecule has 0 aromatic heterocycles. The van der Waals surface area contributed by atoms with E-state index < -0.39 is 12.7 Å². The standard InChI is InChI=1S/C7H11O3/c1-2-3-6(9)4-7(10)5-8/h2-3,7,10H,4-5H2,1H3. The van der Waals surface area contributed by atoms with Crippen molar-refractivity contribution in [1.82, 2.24) is 0 Å². The maximum absolute atomic E-state index is 10.6. The molecule has 57 valence electrons. The first-order valence-electron chi connectivity index (χ1n) is 3.12. The van der Waals surface area contributed by atoms with Gasteiger partial charge in [0, 0.05) is 6.42 Å². The van der Waals surface area contributed by atoms with Crippen molar-refractivity contribution in [3.8, 4) is 0 Å². The Hall–Kier alpha value is -0.670. The van der Waals surface area contributed by atoms with Crippen molar-refractivity contribution in [3.63, 3.8) is 0 Å². The highest BCUT2D eigenvalue weighted by Gasteiger charge is 2.06. The molecule has 0 spiro atoms. The van der Waals surface area contributed by atoms with Gasteiger partial charge >= 0.3 is 0 Å². The minimum atomic E-state index is -1.02. The molecule has 0 heterocycles. The lowest BCUT2D eigenvalue weighted by atomic mass is 10.2. The van der Waals surface area contributed by atoms with Gasteiger partial charge in [0.25, 0.3) is 0 Å². The minimum absolute atomic E-state index is 0.0617. The van der Waals surface area contributed by atoms with Crippen LogP contribution in [-0.4, -0.2) is 23.6 Å². The van der Waals surface area contributed by atoms with Gasteiger partial charge < -0.3 is 5.11 Å². The fraction of sp³-hybridized carbons (Fsp3) is 0.571. The lowest BCUT2D eigenvalue weighted by molar-refractivity contribution is -0.117. The summed E-state index contributed by atoms with van der Waals surface area (Å²) in [5.74, 6) is -0.203. The topological polar surface area (TPSA) is 57.2 Å². The van der Waals surface area contributed by atoms with Gasteiger partial charge in [-0.3, -0.25) is 4.79 Å². The monoisotopic (exact) mass is 143 g/mol. The number of hydrogen-bond acceptors (Lipinski definition) is 2. The number of ketones is 1. The molecule has 0 aliphatic rings. The highest BCUT2D eigenvalue weighted by Crippen LogP contribution is 1.92. The van der Waals surface area contributed by atoms with Gasteiger partial charge in [0.2, 0.25) is 0 Å². The third kappa shape index (κ3) is 4.23. The summed E-state index contributed by atoms with van der Waals surface area (Å²) in [6.45, 7) is 1.10. The van der Waals surface area contributed by atoms with Gasteiger partial charge in [-0.25, -0.2) is 5.11 Å². The third-order valence-electron chi connectivity index (χ3n) is 0.982. The van der Waals surface area contributed by atoms with E-state index in [2.05, 4.69) is 0 Å². The maximum atomic E-state index is 10.6. The zero-order valence-corrected chi connectivity index (χ0v) is 5.91. The van der Waals surface area contributed by atoms with E-state index in [9.17, 15) is 9.90 Å². The third-order valence-corrected chi connectivity index (χ3v) is 0.982. The van der Waals surface area contributed by atoms with Crippen LogP contribution in [0, 0.1) is 0 Å². The van der Waals surface area contributed by atoms with Crippen LogP contribution in [0.1, 0.15) is 13.3 Å². The zero-order chi connectivity index (χ0) is 7.98. The summed E-state index contributed by atoms with van der Waals surface area (Å²) in [5, 5.41) is 18.6. The summed E-state index contributed by atoms with van der Waals surface area (Å²) < 4.78 is 0. The molecular weight excluding hydrogens is 132 g/mol. The molecule has 10 heavy (non-hydrogen) atoms. The van der Waals surface area contributed by atoms with Gasteiger partial charge in [0.15, 0.2) is 5.78 Å². The molecule has 3 nitrogen and oxygen atoms in total. The van der Waals surface area contributed by atoms with E-state index in [0.717, 1.165) is 0 Å². The van der Waals surface area contributed by atoms with Crippen LogP contribution in [0.2, 0.25) is 0 Å². The number of aliphatic hydroxyl groups excluding tert-OH is 1. The van der Waals surface area contributed by atoms with Crippen LogP contribution in [-0.2, 0) is 9.90 Å². The summed E-state index contributed by atoms with van der Waals surface area (Å²) in [7, 11) is 0. The molecule has 0 amide bonds. The van der Waals surface area contributed by atoms with Crippen LogP contribution in [0.3, 0.4) is 0 Å². The van der Waals surface area contributed by atoms with Crippen LogP contribution in [0.25, 0.3) is 0 Å². The molecule has 1 radical (unpaired) electrons. The Morgan fingerprint density at radius 1 is 1.70 bits per heavy atom. The Balaban J connectivity index is 3.57. The van der Waals surface area contributed by atoms with Crippen LogP contribution in [0.4, 0.5) is 0 Å². The highest BCUT2D eigenvalue weighted by atomic mass is 16.3. The van der Waals surface area contributed by atoms with Crippen molar-refractivity contribution in [2.75, 3.05) is 6.61 Å². The van der Waals surface area contributed by atoms with E-state index in [1.807, 2.05) is 0 Å². The van der Waals surface area contributed by atoms with Crippen LogP contribution in [0.5, 0.6) is 0 Å². The van der Waals surface area contributed by atoms with E-state index in [0.29, 0.717) is 0 Å². The molecule has 0 fully saturated rings. The predicted octanol–water partition coefficient (Wildman–Crippen LogP) is 0.313. The summed E-state index contributed by atoms with van der Waals surface area (Å²) in [6, 6.07) is 0. The minimum Gasteiger partial charge on any atom is -0.390 e. The first-order valence-corrected chi connectivity index (χ1v) is 3.12. The largest absolute Gasteiger partial charge is 0.390 e. The Morgan fingerprint density at radius 3 is 2.70 bits per heavy atom. The number of hydrogen-bond donors (Lipinski definition) is 1. The van der Waals surface area contributed by atoms with Gasteiger partial charge in [-0.2, -0.15) is 0 Å². The van der Waals surface area contributed by atoms with Crippen molar-refractivity contribution in [2.24, 2.45) is 0 Å². The van der Waals surface area contributed by atoms with Gasteiger partial charge in [0.05, 0.1) is 6.10 Å². The van der Waals surface area contributed by atoms with E-state index in [1.165, 1.54) is 6.08 Å². The molecule has 0 aliphatic carbocycles. The number of carbonyl (C=O) groups excluding carboxylic acids is 1. The van der Waals surface area contributed by atoms with Gasteiger partial charge in [-0.05, 0) is 13.0 Å². The number of rotatable bonds is 4. The summed E-state index contributed by atoms with van der Waals surface area (Å²) in [6.07, 6.45) is 1.84. The quantitative estimate of drug-likeness (QED) is 0.576. The second-order valence-electron chi connectivity index (χ2n) is 1.99. The molecule has 1 atom stereocenters. The Bertz CT molecular complexity index is 129. The highest BCUT2D eigenvalue weighted by molar-refractivity contribution is 5.89. The summed E-state index contributed by atoms with van der Waals surface area (Å²) in [4.78, 5) is 10.6. The normalized spacial score (nSPS) is 13.9. The molecule has 0 saturated carbocycles. The number of allylic oxidation sites excluding steroid dienone is 2. The molecule has 1 unspecified atom stereocenters. The van der Waals surface area contributed by atoms with E-state index in [-0.39, 0.29) is 12.2 Å². The Morgan fingerprint density at radius 2 is 2.30 bits per heavy atom. The fourth-order valence-corrected chi connectivity index (χ4v) is 0.545. The van der Waals surface area contributed by atoms with Crippen LogP contribution < -0.4 is 0 Å². The molecule has 0 aromatic carbocycles. The van der Waals surface area contributed by atoms with Gasteiger partial charge in [-0.1, -0.05) is 6.08 Å². The molecule has 3 heteroatoms. The lowest BCUT2D eigenvalue weighted by Gasteiger charge is -2.00. The molecule has 1 N–H and O–H groups in total. The van der Waals surface area contributed by atoms with Gasteiger partial charge in [-0.15, -0.1) is 0 Å². The molecule has 0 saturated heterocycles. The van der Waals surface area contributed by atoms with Gasteiger partial charge in [0.1, 0.15) is 6.61 Å². The van der Waals surface area contributed by atoms with Crippen molar-refractivity contribution < 1.29 is 15.0 Å². The van der Waals surface area contributed by atoms with E-state index in [1.54, 1.807) is 13.0 Å². The predicted molar refractivity (Wildman–Crippen MR) is 36.0 cm³/mol. The van der Waals surface area contributed by atoms with E-state index in [4.69, 9.17) is 5.11 Å². The van der Waals surface area contributed by atoms with Crippen LogP contribution in [0.15, 0.2) is 12.2 Å². The Kier molecular flexibility index (Phi) is 4.80. The smallest absolute Gasteiger partial charge is 0.158 e. The first-order chi connectivity index (χ1) is 4.70. The van der Waals surface area contributed by atoms with Crippen molar-refractivity contribution in [3.05, 3.63) is 12.2 Å². The maximum Gasteiger partial charge on any atom is 0.158 e. The molecule has 0 aromatic rings. The summed E-state index contributed by atoms with van der Waals surface area (Å²) in [5.41, 5.74) is 0. The number of aliphatic hydroxyl groups is 1. The first kappa shape index (κ1) is 9.33. The zero-order valence-electron chi connectivity index (χ0n) is 5.91. The van der Waals surface area contributed by atoms with E-state index >= 15 is 0 Å². The lowest BCUT2D eigenvalue weighted by Crippen LogP contribution is -2.15. The second-order valence-corrected chi connectivity index (χ2v) is 1.99. The fourth-order valence-electron chi connectivity index (χ4n) is 0.545. The van der Waals surface area contributed by atoms with Crippen molar-refractivity contribution in [1.29, 1.82) is 0 Å². The average Bonchev–Trinajstić information content (AvgIpc) is 1.88. The van der Waals surface area contributed by atoms with Crippen LogP contribution >= 0.6 is 0 Å². The second kappa shape index (κ2) is 5.14. The molecule has 0 rings (SSSR count). The molecular formula is C7H11O3. The molecule has 0 aliphatic heterocycles. The SMILES string of the molecule is CC=CC(=O)CC(O)C[O]. The van der Waals surface area contributed by atoms with Crippen molar-refractivity contribution >= 4 is 5.78 Å². The van der Waals surface area contributed by atoms with Crippen molar-refractivity contribution in [2.45, 2.75) is 19.4 Å².